The zero-order chi connectivity index (χ0) is 15.9. The largest absolute Gasteiger partial charge is 0.469 e. The number of ether oxygens (including phenoxy) is 1. The molecule has 0 aromatic carbocycles. The number of fused-ring (bicyclic) bond motifs is 2. The topological polar surface area (TPSA) is 81.4 Å². The summed E-state index contributed by atoms with van der Waals surface area (Å²) in [7, 11) is 1.40. The maximum absolute atomic E-state index is 12.5. The van der Waals surface area contributed by atoms with Crippen molar-refractivity contribution in [2.24, 2.45) is 17.8 Å². The SMILES string of the molecule is COC(=O)C1C2CCC(C2)C1NC(=O)c1ncoc1C(C)C. The first-order valence-corrected chi connectivity index (χ1v) is 7.85. The highest BCUT2D eigenvalue weighted by molar-refractivity contribution is 5.94. The predicted molar refractivity (Wildman–Crippen MR) is 78.2 cm³/mol. The second-order valence-electron chi connectivity index (χ2n) is 6.60. The normalized spacial score (nSPS) is 29.8. The van der Waals surface area contributed by atoms with Crippen LogP contribution in [-0.2, 0) is 9.53 Å². The zero-order valence-corrected chi connectivity index (χ0v) is 13.2. The number of amides is 1. The smallest absolute Gasteiger partial charge is 0.311 e. The van der Waals surface area contributed by atoms with Crippen LogP contribution in [-0.4, -0.2) is 30.0 Å². The third kappa shape index (κ3) is 2.40. The number of aromatic nitrogens is 1. The Morgan fingerprint density at radius 2 is 2.09 bits per heavy atom. The van der Waals surface area contributed by atoms with Crippen molar-refractivity contribution in [3.05, 3.63) is 17.8 Å². The molecule has 0 spiro atoms. The second-order valence-corrected chi connectivity index (χ2v) is 6.60. The van der Waals surface area contributed by atoms with E-state index in [2.05, 4.69) is 10.3 Å². The summed E-state index contributed by atoms with van der Waals surface area (Å²) < 4.78 is 10.2. The van der Waals surface area contributed by atoms with E-state index in [4.69, 9.17) is 9.15 Å². The highest BCUT2D eigenvalue weighted by Crippen LogP contribution is 2.49. The average Bonchev–Trinajstić information content (AvgIpc) is 3.21. The van der Waals surface area contributed by atoms with Crippen LogP contribution in [0.5, 0.6) is 0 Å². The summed E-state index contributed by atoms with van der Waals surface area (Å²) >= 11 is 0. The molecule has 1 aromatic heterocycles. The third-order valence-corrected chi connectivity index (χ3v) is 5.02. The van der Waals surface area contributed by atoms with Gasteiger partial charge < -0.3 is 14.5 Å². The molecule has 3 rings (SSSR count). The molecule has 0 saturated heterocycles. The number of hydrogen-bond acceptors (Lipinski definition) is 5. The highest BCUT2D eigenvalue weighted by Gasteiger charge is 2.52. The van der Waals surface area contributed by atoms with Crippen molar-refractivity contribution in [3.63, 3.8) is 0 Å². The molecule has 1 amide bonds. The summed E-state index contributed by atoms with van der Waals surface area (Å²) in [5.74, 6) is 0.625. The quantitative estimate of drug-likeness (QED) is 0.862. The van der Waals surface area contributed by atoms with E-state index < -0.39 is 0 Å². The molecule has 2 saturated carbocycles. The Kier molecular flexibility index (Phi) is 3.93. The lowest BCUT2D eigenvalue weighted by Gasteiger charge is -2.29. The van der Waals surface area contributed by atoms with Gasteiger partial charge in [-0.1, -0.05) is 13.8 Å². The summed E-state index contributed by atoms with van der Waals surface area (Å²) in [4.78, 5) is 28.6. The van der Waals surface area contributed by atoms with Gasteiger partial charge in [0, 0.05) is 12.0 Å². The van der Waals surface area contributed by atoms with Crippen molar-refractivity contribution >= 4 is 11.9 Å². The molecule has 1 aromatic rings. The summed E-state index contributed by atoms with van der Waals surface area (Å²) in [6.07, 6.45) is 4.38. The van der Waals surface area contributed by atoms with Gasteiger partial charge in [0.15, 0.2) is 12.1 Å². The monoisotopic (exact) mass is 306 g/mol. The zero-order valence-electron chi connectivity index (χ0n) is 13.2. The number of oxazole rings is 1. The van der Waals surface area contributed by atoms with E-state index in [1.807, 2.05) is 13.8 Å². The lowest BCUT2D eigenvalue weighted by atomic mass is 9.84. The van der Waals surface area contributed by atoms with Crippen LogP contribution in [0.25, 0.3) is 0 Å². The lowest BCUT2D eigenvalue weighted by Crippen LogP contribution is -2.47. The molecule has 0 aliphatic heterocycles. The summed E-state index contributed by atoms with van der Waals surface area (Å²) in [6, 6.07) is -0.157. The average molecular weight is 306 g/mol. The number of nitrogens with zero attached hydrogens (tertiary/aromatic N) is 1. The Hall–Kier alpha value is -1.85. The van der Waals surface area contributed by atoms with Crippen LogP contribution in [0.3, 0.4) is 0 Å². The van der Waals surface area contributed by atoms with E-state index in [0.29, 0.717) is 23.3 Å². The van der Waals surface area contributed by atoms with Gasteiger partial charge in [-0.3, -0.25) is 9.59 Å². The van der Waals surface area contributed by atoms with Gasteiger partial charge in [-0.2, -0.15) is 0 Å². The minimum atomic E-state index is -0.260. The minimum absolute atomic E-state index is 0.0830. The first-order valence-electron chi connectivity index (χ1n) is 7.85. The van der Waals surface area contributed by atoms with Gasteiger partial charge in [-0.05, 0) is 31.1 Å². The van der Waals surface area contributed by atoms with Crippen LogP contribution in [0.4, 0.5) is 0 Å². The van der Waals surface area contributed by atoms with Crippen LogP contribution in [0, 0.1) is 17.8 Å². The van der Waals surface area contributed by atoms with Crippen LogP contribution in [0.1, 0.15) is 55.3 Å². The number of carbonyl (C=O) groups is 2. The summed E-state index contributed by atoms with van der Waals surface area (Å²) in [6.45, 7) is 3.90. The van der Waals surface area contributed by atoms with E-state index in [9.17, 15) is 9.59 Å². The number of nitrogens with one attached hydrogen (secondary N) is 1. The minimum Gasteiger partial charge on any atom is -0.469 e. The van der Waals surface area contributed by atoms with Gasteiger partial charge in [0.25, 0.3) is 5.91 Å². The van der Waals surface area contributed by atoms with Crippen molar-refractivity contribution in [1.29, 1.82) is 0 Å². The van der Waals surface area contributed by atoms with Crippen LogP contribution >= 0.6 is 0 Å². The predicted octanol–water partition coefficient (Wildman–Crippen LogP) is 2.12. The van der Waals surface area contributed by atoms with E-state index >= 15 is 0 Å². The Balaban J connectivity index is 1.78. The van der Waals surface area contributed by atoms with E-state index in [1.54, 1.807) is 0 Å². The Morgan fingerprint density at radius 1 is 1.36 bits per heavy atom. The van der Waals surface area contributed by atoms with E-state index in [1.165, 1.54) is 13.5 Å². The summed E-state index contributed by atoms with van der Waals surface area (Å²) in [5.41, 5.74) is 0.321. The van der Waals surface area contributed by atoms with Gasteiger partial charge in [-0.15, -0.1) is 0 Å². The number of esters is 1. The number of hydrogen-bond donors (Lipinski definition) is 1. The van der Waals surface area contributed by atoms with Crippen LogP contribution in [0.15, 0.2) is 10.8 Å². The van der Waals surface area contributed by atoms with Crippen molar-refractivity contribution in [3.8, 4) is 0 Å². The fourth-order valence-corrected chi connectivity index (χ4v) is 4.03. The molecule has 6 heteroatoms. The first-order chi connectivity index (χ1) is 10.5. The van der Waals surface area contributed by atoms with Gasteiger partial charge in [0.2, 0.25) is 0 Å². The van der Waals surface area contributed by atoms with Gasteiger partial charge in [0.1, 0.15) is 5.76 Å². The van der Waals surface area contributed by atoms with Crippen molar-refractivity contribution in [2.75, 3.05) is 7.11 Å². The number of methoxy groups -OCH3 is 1. The molecule has 2 fully saturated rings. The molecular formula is C16H22N2O4. The van der Waals surface area contributed by atoms with Gasteiger partial charge in [0.05, 0.1) is 13.0 Å². The molecular weight excluding hydrogens is 284 g/mol. The Labute approximate surface area is 129 Å². The maximum Gasteiger partial charge on any atom is 0.311 e. The molecule has 4 atom stereocenters. The lowest BCUT2D eigenvalue weighted by molar-refractivity contribution is -0.148. The molecule has 2 aliphatic carbocycles. The molecule has 4 unspecified atom stereocenters. The molecule has 2 aliphatic rings. The molecule has 6 nitrogen and oxygen atoms in total. The summed E-state index contributed by atoms with van der Waals surface area (Å²) in [5, 5.41) is 3.01. The molecule has 0 radical (unpaired) electrons. The Bertz CT molecular complexity index is 580. The van der Waals surface area contributed by atoms with Crippen molar-refractivity contribution in [1.82, 2.24) is 10.3 Å². The fourth-order valence-electron chi connectivity index (χ4n) is 4.03. The highest BCUT2D eigenvalue weighted by atomic mass is 16.5. The first kappa shape index (κ1) is 15.1. The molecule has 1 N–H and O–H groups in total. The van der Waals surface area contributed by atoms with Crippen molar-refractivity contribution in [2.45, 2.75) is 45.1 Å². The number of rotatable bonds is 4. The van der Waals surface area contributed by atoms with Crippen LogP contribution < -0.4 is 5.32 Å². The van der Waals surface area contributed by atoms with Gasteiger partial charge in [-0.25, -0.2) is 4.98 Å². The van der Waals surface area contributed by atoms with Gasteiger partial charge >= 0.3 is 5.97 Å². The van der Waals surface area contributed by atoms with Crippen LogP contribution in [0.2, 0.25) is 0 Å². The van der Waals surface area contributed by atoms with E-state index in [-0.39, 0.29) is 29.8 Å². The third-order valence-electron chi connectivity index (χ3n) is 5.02. The molecule has 1 heterocycles. The number of carbonyl (C=O) groups excluding carboxylic acids is 2. The maximum atomic E-state index is 12.5. The molecule has 22 heavy (non-hydrogen) atoms. The standard InChI is InChI=1S/C16H22N2O4/c1-8(2)14-13(17-7-22-14)15(19)18-12-10-5-4-9(6-10)11(12)16(20)21-3/h7-12H,4-6H2,1-3H3,(H,18,19). The van der Waals surface area contributed by atoms with Crippen molar-refractivity contribution < 1.29 is 18.7 Å². The molecule has 120 valence electrons. The van der Waals surface area contributed by atoms with E-state index in [0.717, 1.165) is 19.3 Å². The Morgan fingerprint density at radius 3 is 2.77 bits per heavy atom. The molecule has 2 bridgehead atoms. The second kappa shape index (κ2) is 5.74. The fraction of sp³-hybridized carbons (Fsp3) is 0.688.